The van der Waals surface area contributed by atoms with E-state index in [9.17, 15) is 43.2 Å². The van der Waals surface area contributed by atoms with Crippen LogP contribution in [0.25, 0.3) is 0 Å². The number of esters is 4. The lowest BCUT2D eigenvalue weighted by Crippen LogP contribution is -2.30. The van der Waals surface area contributed by atoms with E-state index in [1.807, 2.05) is 0 Å². The molecule has 0 aliphatic carbocycles. The quantitative estimate of drug-likeness (QED) is 0.0222. The summed E-state index contributed by atoms with van der Waals surface area (Å²) in [4.78, 5) is 72.7. The van der Waals surface area contributed by atoms with Gasteiger partial charge in [0.15, 0.2) is 12.2 Å². The molecular formula is C74H144O17P2. The van der Waals surface area contributed by atoms with Gasteiger partial charge in [0, 0.05) is 25.7 Å². The van der Waals surface area contributed by atoms with Crippen molar-refractivity contribution < 1.29 is 80.2 Å². The monoisotopic (exact) mass is 1370 g/mol. The summed E-state index contributed by atoms with van der Waals surface area (Å²) in [5.74, 6) is 0.163. The Morgan fingerprint density at radius 3 is 0.817 bits per heavy atom. The highest BCUT2D eigenvalue weighted by Gasteiger charge is 2.30. The van der Waals surface area contributed by atoms with E-state index in [2.05, 4.69) is 48.5 Å². The molecule has 0 aromatic heterocycles. The predicted octanol–water partition coefficient (Wildman–Crippen LogP) is 21.4. The molecule has 0 saturated carbocycles. The van der Waals surface area contributed by atoms with E-state index in [0.29, 0.717) is 31.6 Å². The Kier molecular flexibility index (Phi) is 63.4. The molecule has 0 heterocycles. The van der Waals surface area contributed by atoms with Crippen molar-refractivity contribution in [2.75, 3.05) is 39.6 Å². The summed E-state index contributed by atoms with van der Waals surface area (Å²) in [6.45, 7) is 11.9. The Bertz CT molecular complexity index is 1820. The van der Waals surface area contributed by atoms with Crippen molar-refractivity contribution >= 4 is 39.5 Å². The van der Waals surface area contributed by atoms with E-state index in [4.69, 9.17) is 37.0 Å². The van der Waals surface area contributed by atoms with Gasteiger partial charge in [-0.1, -0.05) is 325 Å². The van der Waals surface area contributed by atoms with Gasteiger partial charge in [-0.25, -0.2) is 9.13 Å². The standard InChI is InChI=1S/C74H144O17P2/c1-8-10-11-12-13-14-15-18-22-29-34-43-50-57-74(79)91-70(62-85-72(77)56-49-42-37-36-39-46-53-66(5)6)64-89-93(82,83)87-60-68(75)59-86-92(80,81)88-63-69(61-84-71(76)55-48-41-33-28-25-24-26-31-38-45-52-65(3)4)90-73(78)58-51-44-35-30-23-20-17-16-19-21-27-32-40-47-54-67(7)9-2/h65-70,75H,8-64H2,1-7H3,(H,80,81)(H,82,83)/t67?,68-,69-,70-/m1/s1. The average molecular weight is 1370 g/mol. The molecule has 3 N–H and O–H groups in total. The minimum absolute atomic E-state index is 0.106. The van der Waals surface area contributed by atoms with E-state index < -0.39 is 97.5 Å². The van der Waals surface area contributed by atoms with Crippen molar-refractivity contribution in [3.8, 4) is 0 Å². The van der Waals surface area contributed by atoms with Gasteiger partial charge in [-0.15, -0.1) is 0 Å². The fourth-order valence-electron chi connectivity index (χ4n) is 11.2. The van der Waals surface area contributed by atoms with Crippen LogP contribution in [0.2, 0.25) is 0 Å². The molecule has 0 saturated heterocycles. The second-order valence-corrected chi connectivity index (χ2v) is 30.8. The molecule has 0 aliphatic rings. The van der Waals surface area contributed by atoms with Crippen molar-refractivity contribution in [3.63, 3.8) is 0 Å². The summed E-state index contributed by atoms with van der Waals surface area (Å²) in [5, 5.41) is 10.6. The molecule has 0 aromatic rings. The van der Waals surface area contributed by atoms with E-state index >= 15 is 0 Å². The van der Waals surface area contributed by atoms with E-state index in [0.717, 1.165) is 108 Å². The van der Waals surface area contributed by atoms with Crippen LogP contribution in [-0.4, -0.2) is 96.7 Å². The molecule has 0 rings (SSSR count). The van der Waals surface area contributed by atoms with Crippen molar-refractivity contribution in [3.05, 3.63) is 0 Å². The van der Waals surface area contributed by atoms with Gasteiger partial charge in [-0.05, 0) is 43.4 Å². The molecule has 0 amide bonds. The second kappa shape index (κ2) is 64.7. The van der Waals surface area contributed by atoms with Crippen LogP contribution in [0, 0.1) is 17.8 Å². The van der Waals surface area contributed by atoms with Crippen molar-refractivity contribution in [1.29, 1.82) is 0 Å². The maximum Gasteiger partial charge on any atom is 0.472 e. The van der Waals surface area contributed by atoms with Crippen LogP contribution in [0.4, 0.5) is 0 Å². The van der Waals surface area contributed by atoms with Gasteiger partial charge in [0.25, 0.3) is 0 Å². The normalized spacial score (nSPS) is 14.4. The summed E-state index contributed by atoms with van der Waals surface area (Å²) < 4.78 is 68.4. The Morgan fingerprint density at radius 1 is 0.312 bits per heavy atom. The van der Waals surface area contributed by atoms with Gasteiger partial charge >= 0.3 is 39.5 Å². The average Bonchev–Trinajstić information content (AvgIpc) is 2.46. The highest BCUT2D eigenvalue weighted by Crippen LogP contribution is 2.45. The van der Waals surface area contributed by atoms with Gasteiger partial charge in [-0.3, -0.25) is 37.3 Å². The van der Waals surface area contributed by atoms with Gasteiger partial charge in [0.1, 0.15) is 19.3 Å². The van der Waals surface area contributed by atoms with Crippen molar-refractivity contribution in [1.82, 2.24) is 0 Å². The molecule has 0 bridgehead atoms. The van der Waals surface area contributed by atoms with Crippen LogP contribution in [-0.2, 0) is 65.4 Å². The molecule has 0 radical (unpaired) electrons. The molecule has 0 fully saturated rings. The van der Waals surface area contributed by atoms with Crippen LogP contribution in [0.3, 0.4) is 0 Å². The number of aliphatic hydroxyl groups is 1. The first-order valence-corrected chi connectivity index (χ1v) is 41.4. The molecule has 0 spiro atoms. The molecule has 93 heavy (non-hydrogen) atoms. The highest BCUT2D eigenvalue weighted by atomic mass is 31.2. The number of rotatable bonds is 72. The number of hydrogen-bond acceptors (Lipinski definition) is 15. The van der Waals surface area contributed by atoms with Crippen LogP contribution >= 0.6 is 15.6 Å². The topological polar surface area (TPSA) is 237 Å². The van der Waals surface area contributed by atoms with Gasteiger partial charge in [0.2, 0.25) is 0 Å². The summed E-state index contributed by atoms with van der Waals surface area (Å²) >= 11 is 0. The molecule has 3 unspecified atom stereocenters. The van der Waals surface area contributed by atoms with Gasteiger partial charge in [-0.2, -0.15) is 0 Å². The number of carbonyl (C=O) groups excluding carboxylic acids is 4. The van der Waals surface area contributed by atoms with E-state index in [-0.39, 0.29) is 25.7 Å². The maximum atomic E-state index is 13.1. The zero-order chi connectivity index (χ0) is 68.7. The molecular weight excluding hydrogens is 1220 g/mol. The van der Waals surface area contributed by atoms with Crippen LogP contribution in [0.1, 0.15) is 376 Å². The molecule has 19 heteroatoms. The summed E-state index contributed by atoms with van der Waals surface area (Å²) in [6.07, 6.45) is 50.0. The van der Waals surface area contributed by atoms with E-state index in [1.165, 1.54) is 180 Å². The zero-order valence-corrected chi connectivity index (χ0v) is 62.5. The summed E-state index contributed by atoms with van der Waals surface area (Å²) in [6, 6.07) is 0. The second-order valence-electron chi connectivity index (χ2n) is 27.9. The first-order chi connectivity index (χ1) is 44.8. The molecule has 552 valence electrons. The predicted molar refractivity (Wildman–Crippen MR) is 377 cm³/mol. The SMILES string of the molecule is CCCCCCCCCCCCCCCC(=O)O[C@H](COC(=O)CCCCCCCCC(C)C)COP(=O)(O)OC[C@H](O)COP(=O)(O)OC[C@@H](COC(=O)CCCCCCCCCCCCC(C)C)OC(=O)CCCCCCCCCCCCCCCCC(C)CC. The van der Waals surface area contributed by atoms with Crippen molar-refractivity contribution in [2.24, 2.45) is 17.8 Å². The number of ether oxygens (including phenoxy) is 4. The Hall–Kier alpha value is -1.94. The number of unbranched alkanes of at least 4 members (excludes halogenated alkanes) is 39. The molecule has 6 atom stereocenters. The van der Waals surface area contributed by atoms with E-state index in [1.54, 1.807) is 0 Å². The number of carbonyl (C=O) groups is 4. The fraction of sp³-hybridized carbons (Fsp3) is 0.946. The first kappa shape index (κ1) is 91.1. The Morgan fingerprint density at radius 2 is 0.548 bits per heavy atom. The van der Waals surface area contributed by atoms with Crippen LogP contribution < -0.4 is 0 Å². The van der Waals surface area contributed by atoms with Gasteiger partial charge < -0.3 is 33.8 Å². The number of aliphatic hydroxyl groups excluding tert-OH is 1. The number of phosphoric acid groups is 2. The molecule has 0 aliphatic heterocycles. The number of hydrogen-bond donors (Lipinski definition) is 3. The third-order valence-corrected chi connectivity index (χ3v) is 19.4. The third-order valence-electron chi connectivity index (χ3n) is 17.5. The van der Waals surface area contributed by atoms with Crippen LogP contribution in [0.15, 0.2) is 0 Å². The Balaban J connectivity index is 5.23. The van der Waals surface area contributed by atoms with Crippen molar-refractivity contribution in [2.45, 2.75) is 394 Å². The zero-order valence-electron chi connectivity index (χ0n) is 60.7. The lowest BCUT2D eigenvalue weighted by Gasteiger charge is -2.21. The molecule has 17 nitrogen and oxygen atoms in total. The largest absolute Gasteiger partial charge is 0.472 e. The fourth-order valence-corrected chi connectivity index (χ4v) is 12.8. The Labute approximate surface area is 568 Å². The highest BCUT2D eigenvalue weighted by molar-refractivity contribution is 7.47. The first-order valence-electron chi connectivity index (χ1n) is 38.4. The summed E-state index contributed by atoms with van der Waals surface area (Å²) in [5.41, 5.74) is 0. The molecule has 0 aromatic carbocycles. The smallest absolute Gasteiger partial charge is 0.462 e. The maximum absolute atomic E-state index is 13.1. The number of phosphoric ester groups is 2. The minimum Gasteiger partial charge on any atom is -0.462 e. The summed E-state index contributed by atoms with van der Waals surface area (Å²) in [7, 11) is -9.91. The lowest BCUT2D eigenvalue weighted by molar-refractivity contribution is -0.161. The van der Waals surface area contributed by atoms with Crippen LogP contribution in [0.5, 0.6) is 0 Å². The lowest BCUT2D eigenvalue weighted by atomic mass is 9.99. The minimum atomic E-state index is -4.96. The van der Waals surface area contributed by atoms with Gasteiger partial charge in [0.05, 0.1) is 26.4 Å². The third kappa shape index (κ3) is 67.0.